The lowest BCUT2D eigenvalue weighted by molar-refractivity contribution is -0.176. The van der Waals surface area contributed by atoms with Crippen LogP contribution in [0.4, 0.5) is 4.39 Å². The van der Waals surface area contributed by atoms with Crippen LogP contribution in [0.5, 0.6) is 0 Å². The zero-order chi connectivity index (χ0) is 5.83. The standard InChI is InChI=1S/C6H6FN/c7-6-1-5(2-6,3-6)4-8/h1-3H2. The van der Waals surface area contributed by atoms with E-state index in [9.17, 15) is 4.39 Å². The molecule has 0 amide bonds. The minimum absolute atomic E-state index is 0.200. The van der Waals surface area contributed by atoms with Crippen LogP contribution < -0.4 is 0 Å². The molecule has 0 aromatic rings. The molecule has 3 fully saturated rings. The van der Waals surface area contributed by atoms with Gasteiger partial charge in [0, 0.05) is 19.3 Å². The number of hydrogen-bond acceptors (Lipinski definition) is 1. The van der Waals surface area contributed by atoms with Gasteiger partial charge in [-0.25, -0.2) is 4.39 Å². The van der Waals surface area contributed by atoms with Gasteiger partial charge >= 0.3 is 0 Å². The van der Waals surface area contributed by atoms with Crippen molar-refractivity contribution in [3.8, 4) is 6.07 Å². The summed E-state index contributed by atoms with van der Waals surface area (Å²) in [5.74, 6) is 0. The van der Waals surface area contributed by atoms with E-state index in [1.165, 1.54) is 0 Å². The molecule has 0 aliphatic heterocycles. The van der Waals surface area contributed by atoms with Gasteiger partial charge in [-0.2, -0.15) is 5.26 Å². The summed E-state index contributed by atoms with van der Waals surface area (Å²) < 4.78 is 12.6. The van der Waals surface area contributed by atoms with E-state index >= 15 is 0 Å². The molecular weight excluding hydrogens is 105 g/mol. The summed E-state index contributed by atoms with van der Waals surface area (Å²) in [5, 5.41) is 8.38. The van der Waals surface area contributed by atoms with Gasteiger partial charge in [-0.3, -0.25) is 0 Å². The van der Waals surface area contributed by atoms with E-state index in [0.717, 1.165) is 0 Å². The molecule has 2 heteroatoms. The first-order chi connectivity index (χ1) is 3.68. The Hall–Kier alpha value is -0.580. The Morgan fingerprint density at radius 2 is 1.88 bits per heavy atom. The van der Waals surface area contributed by atoms with Crippen molar-refractivity contribution in [2.24, 2.45) is 5.41 Å². The number of alkyl halides is 1. The quantitative estimate of drug-likeness (QED) is 0.463. The van der Waals surface area contributed by atoms with Crippen LogP contribution >= 0.6 is 0 Å². The van der Waals surface area contributed by atoms with Gasteiger partial charge in [0.2, 0.25) is 0 Å². The third kappa shape index (κ3) is 0.254. The molecule has 3 rings (SSSR count). The number of nitrogens with zero attached hydrogens (tertiary/aromatic N) is 1. The lowest BCUT2D eigenvalue weighted by Gasteiger charge is -2.61. The van der Waals surface area contributed by atoms with Crippen molar-refractivity contribution in [3.05, 3.63) is 0 Å². The summed E-state index contributed by atoms with van der Waals surface area (Å²) in [6.07, 6.45) is 1.53. The van der Waals surface area contributed by atoms with Crippen molar-refractivity contribution in [3.63, 3.8) is 0 Å². The van der Waals surface area contributed by atoms with Crippen molar-refractivity contribution >= 4 is 0 Å². The Morgan fingerprint density at radius 1 is 1.38 bits per heavy atom. The lowest BCUT2D eigenvalue weighted by Crippen LogP contribution is -2.63. The first-order valence-corrected chi connectivity index (χ1v) is 2.78. The SMILES string of the molecule is N#CC12CC(F)(C1)C2. The summed E-state index contributed by atoms with van der Waals surface area (Å²) in [6.45, 7) is 0. The Morgan fingerprint density at radius 3 is 2.00 bits per heavy atom. The van der Waals surface area contributed by atoms with Crippen molar-refractivity contribution < 1.29 is 4.39 Å². The maximum absolute atomic E-state index is 12.6. The molecule has 0 atom stereocenters. The molecule has 0 spiro atoms. The van der Waals surface area contributed by atoms with Crippen molar-refractivity contribution in [2.75, 3.05) is 0 Å². The summed E-state index contributed by atoms with van der Waals surface area (Å²) in [5.41, 5.74) is -1.09. The zero-order valence-electron chi connectivity index (χ0n) is 4.45. The Labute approximate surface area is 47.1 Å². The summed E-state index contributed by atoms with van der Waals surface area (Å²) >= 11 is 0. The predicted molar refractivity (Wildman–Crippen MR) is 25.7 cm³/mol. The number of rotatable bonds is 0. The lowest BCUT2D eigenvalue weighted by atomic mass is 9.43. The highest BCUT2D eigenvalue weighted by Crippen LogP contribution is 2.68. The van der Waals surface area contributed by atoms with Gasteiger partial charge in [0.25, 0.3) is 0 Å². The average molecular weight is 111 g/mol. The van der Waals surface area contributed by atoms with Crippen LogP contribution in [0.25, 0.3) is 0 Å². The highest BCUT2D eigenvalue weighted by Gasteiger charge is 2.69. The van der Waals surface area contributed by atoms with Crippen molar-refractivity contribution in [2.45, 2.75) is 24.9 Å². The number of hydrogen-bond donors (Lipinski definition) is 0. The van der Waals surface area contributed by atoms with E-state index in [1.54, 1.807) is 0 Å². The van der Waals surface area contributed by atoms with E-state index < -0.39 is 5.67 Å². The van der Waals surface area contributed by atoms with Crippen LogP contribution in [0.1, 0.15) is 19.3 Å². The fourth-order valence-electron chi connectivity index (χ4n) is 1.78. The molecule has 3 aliphatic rings. The molecule has 0 aromatic carbocycles. The second kappa shape index (κ2) is 0.793. The van der Waals surface area contributed by atoms with E-state index in [1.807, 2.05) is 0 Å². The molecule has 0 heterocycles. The molecule has 3 aliphatic carbocycles. The number of nitriles is 1. The van der Waals surface area contributed by atoms with Crippen LogP contribution in [0.3, 0.4) is 0 Å². The first-order valence-electron chi connectivity index (χ1n) is 2.78. The number of halogens is 1. The highest BCUT2D eigenvalue weighted by molar-refractivity contribution is 5.27. The largest absolute Gasteiger partial charge is 0.244 e. The second-order valence-corrected chi connectivity index (χ2v) is 3.07. The Bertz CT molecular complexity index is 160. The van der Waals surface area contributed by atoms with Crippen LogP contribution in [0.2, 0.25) is 0 Å². The molecule has 2 bridgehead atoms. The van der Waals surface area contributed by atoms with Crippen molar-refractivity contribution in [1.29, 1.82) is 5.26 Å². The van der Waals surface area contributed by atoms with E-state index in [2.05, 4.69) is 6.07 Å². The summed E-state index contributed by atoms with van der Waals surface area (Å²) in [7, 11) is 0. The van der Waals surface area contributed by atoms with Crippen LogP contribution in [0.15, 0.2) is 0 Å². The highest BCUT2D eigenvalue weighted by atomic mass is 19.1. The molecule has 42 valence electrons. The van der Waals surface area contributed by atoms with Gasteiger partial charge in [-0.15, -0.1) is 0 Å². The zero-order valence-corrected chi connectivity index (χ0v) is 4.45. The van der Waals surface area contributed by atoms with Gasteiger partial charge in [-0.05, 0) is 0 Å². The summed E-state index contributed by atoms with van der Waals surface area (Å²) in [4.78, 5) is 0. The smallest absolute Gasteiger partial charge is 0.115 e. The van der Waals surface area contributed by atoms with Crippen LogP contribution in [-0.2, 0) is 0 Å². The minimum Gasteiger partial charge on any atom is -0.244 e. The van der Waals surface area contributed by atoms with Gasteiger partial charge in [0.1, 0.15) is 5.67 Å². The topological polar surface area (TPSA) is 23.8 Å². The molecule has 0 N–H and O–H groups in total. The Balaban J connectivity index is 2.17. The summed E-state index contributed by atoms with van der Waals surface area (Å²) in [6, 6.07) is 2.13. The molecule has 0 aromatic heterocycles. The third-order valence-corrected chi connectivity index (χ3v) is 2.20. The first kappa shape index (κ1) is 4.31. The Kier molecular flexibility index (Phi) is 0.428. The maximum atomic E-state index is 12.6. The van der Waals surface area contributed by atoms with Crippen molar-refractivity contribution in [1.82, 2.24) is 0 Å². The van der Waals surface area contributed by atoms with Gasteiger partial charge in [0.05, 0.1) is 11.5 Å². The fraction of sp³-hybridized carbons (Fsp3) is 0.833. The minimum atomic E-state index is -0.893. The monoisotopic (exact) mass is 111 g/mol. The molecule has 0 unspecified atom stereocenters. The van der Waals surface area contributed by atoms with Gasteiger partial charge in [0.15, 0.2) is 0 Å². The molecule has 1 nitrogen and oxygen atoms in total. The van der Waals surface area contributed by atoms with Crippen LogP contribution in [0, 0.1) is 16.7 Å². The van der Waals surface area contributed by atoms with E-state index in [4.69, 9.17) is 5.26 Å². The molecule has 8 heavy (non-hydrogen) atoms. The fourth-order valence-corrected chi connectivity index (χ4v) is 1.78. The van der Waals surface area contributed by atoms with E-state index in [-0.39, 0.29) is 5.41 Å². The second-order valence-electron chi connectivity index (χ2n) is 3.07. The third-order valence-electron chi connectivity index (χ3n) is 2.20. The van der Waals surface area contributed by atoms with Gasteiger partial charge in [-0.1, -0.05) is 0 Å². The average Bonchev–Trinajstić information content (AvgIpc) is 1.55. The molecule has 0 radical (unpaired) electrons. The van der Waals surface area contributed by atoms with Gasteiger partial charge < -0.3 is 0 Å². The molecule has 0 saturated heterocycles. The predicted octanol–water partition coefficient (Wildman–Crippen LogP) is 1.40. The molecular formula is C6H6FN. The van der Waals surface area contributed by atoms with Crippen LogP contribution in [-0.4, -0.2) is 5.67 Å². The maximum Gasteiger partial charge on any atom is 0.115 e. The van der Waals surface area contributed by atoms with E-state index in [0.29, 0.717) is 19.3 Å². The normalized spacial score (nSPS) is 58.0. The molecule has 3 saturated carbocycles.